The van der Waals surface area contributed by atoms with Gasteiger partial charge >= 0.3 is 0 Å². The van der Waals surface area contributed by atoms with Gasteiger partial charge in [0.15, 0.2) is 0 Å². The summed E-state index contributed by atoms with van der Waals surface area (Å²) in [7, 11) is 2.25. The molecule has 0 saturated carbocycles. The predicted molar refractivity (Wildman–Crippen MR) is 73.1 cm³/mol. The third-order valence-electron chi connectivity index (χ3n) is 3.88. The highest BCUT2D eigenvalue weighted by molar-refractivity contribution is 5.18. The molecule has 1 unspecified atom stereocenters. The van der Waals surface area contributed by atoms with Gasteiger partial charge < -0.3 is 10.2 Å². The first kappa shape index (κ1) is 12.6. The van der Waals surface area contributed by atoms with Crippen LogP contribution in [-0.4, -0.2) is 31.1 Å². The quantitative estimate of drug-likeness (QED) is 0.858. The van der Waals surface area contributed by atoms with Gasteiger partial charge in [-0.05, 0) is 38.9 Å². The molecule has 0 spiro atoms. The summed E-state index contributed by atoms with van der Waals surface area (Å²) in [5.41, 5.74) is 1.38. The summed E-state index contributed by atoms with van der Waals surface area (Å²) in [6, 6.07) is 11.9. The summed E-state index contributed by atoms with van der Waals surface area (Å²) in [5, 5.41) is 3.66. The number of piperidine rings is 1. The molecule has 0 aliphatic carbocycles. The highest BCUT2D eigenvalue weighted by atomic mass is 15.2. The zero-order valence-electron chi connectivity index (χ0n) is 11.0. The Kier molecular flexibility index (Phi) is 4.57. The molecular weight excluding hydrogens is 208 g/mol. The third-order valence-corrected chi connectivity index (χ3v) is 3.88. The second kappa shape index (κ2) is 6.18. The van der Waals surface area contributed by atoms with Gasteiger partial charge in [-0.25, -0.2) is 0 Å². The molecule has 2 heteroatoms. The summed E-state index contributed by atoms with van der Waals surface area (Å²) in [6.45, 7) is 4.61. The molecule has 0 aromatic heterocycles. The van der Waals surface area contributed by atoms with E-state index < -0.39 is 0 Å². The molecule has 0 radical (unpaired) electrons. The lowest BCUT2D eigenvalue weighted by molar-refractivity contribution is 0.178. The Morgan fingerprint density at radius 1 is 1.29 bits per heavy atom. The molecule has 1 saturated heterocycles. The fourth-order valence-electron chi connectivity index (χ4n) is 2.57. The average molecular weight is 232 g/mol. The van der Waals surface area contributed by atoms with Gasteiger partial charge in [0.05, 0.1) is 0 Å². The van der Waals surface area contributed by atoms with E-state index in [9.17, 15) is 0 Å². The summed E-state index contributed by atoms with van der Waals surface area (Å²) in [5.74, 6) is 0. The molecule has 17 heavy (non-hydrogen) atoms. The van der Waals surface area contributed by atoms with Crippen LogP contribution in [0.2, 0.25) is 0 Å². The normalized spacial score (nSPS) is 23.5. The van der Waals surface area contributed by atoms with E-state index in [4.69, 9.17) is 0 Å². The Balaban J connectivity index is 1.81. The predicted octanol–water partition coefficient (Wildman–Crippen LogP) is 2.82. The van der Waals surface area contributed by atoms with Crippen LogP contribution in [0.1, 0.15) is 37.8 Å². The molecule has 0 bridgehead atoms. The molecule has 1 fully saturated rings. The average Bonchev–Trinajstić information content (AvgIpc) is 2.38. The number of rotatable bonds is 4. The summed E-state index contributed by atoms with van der Waals surface area (Å²) in [4.78, 5) is 2.49. The number of nitrogens with zero attached hydrogens (tertiary/aromatic N) is 1. The summed E-state index contributed by atoms with van der Waals surface area (Å²) >= 11 is 0. The van der Waals surface area contributed by atoms with Gasteiger partial charge in [0.1, 0.15) is 0 Å². The molecule has 1 aliphatic heterocycles. The van der Waals surface area contributed by atoms with Crippen LogP contribution in [0.3, 0.4) is 0 Å². The summed E-state index contributed by atoms with van der Waals surface area (Å²) in [6.07, 6.45) is 4.09. The lowest BCUT2D eigenvalue weighted by atomic mass is 10.0. The minimum absolute atomic E-state index is 0.450. The topological polar surface area (TPSA) is 15.3 Å². The highest BCUT2D eigenvalue weighted by Crippen LogP contribution is 2.16. The Bertz CT molecular complexity index is 323. The van der Waals surface area contributed by atoms with E-state index >= 15 is 0 Å². The second-order valence-electron chi connectivity index (χ2n) is 5.17. The zero-order chi connectivity index (χ0) is 12.1. The monoisotopic (exact) mass is 232 g/mol. The molecule has 1 aliphatic rings. The van der Waals surface area contributed by atoms with Crippen LogP contribution in [0.15, 0.2) is 30.3 Å². The molecule has 1 N–H and O–H groups in total. The first-order chi connectivity index (χ1) is 8.27. The van der Waals surface area contributed by atoms with E-state index in [2.05, 4.69) is 54.5 Å². The third kappa shape index (κ3) is 3.55. The van der Waals surface area contributed by atoms with Crippen LogP contribution in [0.4, 0.5) is 0 Å². The van der Waals surface area contributed by atoms with Crippen molar-refractivity contribution in [3.63, 3.8) is 0 Å². The molecular formula is C15H24N2. The Labute approximate surface area is 105 Å². The number of likely N-dealkylation sites (tertiary alicyclic amines) is 1. The second-order valence-corrected chi connectivity index (χ2v) is 5.17. The number of likely N-dealkylation sites (N-methyl/N-ethyl adjacent to an activating group) is 1. The van der Waals surface area contributed by atoms with Crippen molar-refractivity contribution < 1.29 is 0 Å². The van der Waals surface area contributed by atoms with Crippen molar-refractivity contribution in [3.05, 3.63) is 35.9 Å². The molecule has 1 aromatic carbocycles. The Hall–Kier alpha value is -0.860. The molecule has 2 atom stereocenters. The minimum atomic E-state index is 0.450. The van der Waals surface area contributed by atoms with Crippen molar-refractivity contribution in [2.24, 2.45) is 0 Å². The van der Waals surface area contributed by atoms with Gasteiger partial charge in [-0.3, -0.25) is 0 Å². The van der Waals surface area contributed by atoms with E-state index in [1.165, 1.54) is 31.4 Å². The van der Waals surface area contributed by atoms with Crippen molar-refractivity contribution in [3.8, 4) is 0 Å². The largest absolute Gasteiger partial charge is 0.309 e. The molecule has 0 amide bonds. The van der Waals surface area contributed by atoms with Crippen LogP contribution in [0.5, 0.6) is 0 Å². The molecule has 94 valence electrons. The van der Waals surface area contributed by atoms with Crippen molar-refractivity contribution >= 4 is 0 Å². The van der Waals surface area contributed by atoms with E-state index in [0.717, 1.165) is 12.6 Å². The van der Waals surface area contributed by atoms with Gasteiger partial charge in [0, 0.05) is 18.6 Å². The van der Waals surface area contributed by atoms with E-state index in [0.29, 0.717) is 6.04 Å². The molecule has 2 nitrogen and oxygen atoms in total. The van der Waals surface area contributed by atoms with Crippen LogP contribution in [0.25, 0.3) is 0 Å². The van der Waals surface area contributed by atoms with Crippen molar-refractivity contribution in [1.82, 2.24) is 10.2 Å². The van der Waals surface area contributed by atoms with Crippen LogP contribution in [-0.2, 0) is 0 Å². The summed E-state index contributed by atoms with van der Waals surface area (Å²) < 4.78 is 0. The zero-order valence-corrected chi connectivity index (χ0v) is 11.0. The fraction of sp³-hybridized carbons (Fsp3) is 0.600. The molecule has 2 rings (SSSR count). The van der Waals surface area contributed by atoms with Crippen molar-refractivity contribution in [2.45, 2.75) is 38.3 Å². The Morgan fingerprint density at radius 3 is 2.76 bits per heavy atom. The van der Waals surface area contributed by atoms with E-state index in [-0.39, 0.29) is 0 Å². The van der Waals surface area contributed by atoms with Gasteiger partial charge in [-0.1, -0.05) is 36.8 Å². The smallest absolute Gasteiger partial charge is 0.0292 e. The molecule has 1 aromatic rings. The number of benzene rings is 1. The fourth-order valence-corrected chi connectivity index (χ4v) is 2.57. The van der Waals surface area contributed by atoms with Gasteiger partial charge in [-0.2, -0.15) is 0 Å². The van der Waals surface area contributed by atoms with Gasteiger partial charge in [-0.15, -0.1) is 0 Å². The minimum Gasteiger partial charge on any atom is -0.309 e. The number of hydrogen-bond acceptors (Lipinski definition) is 2. The van der Waals surface area contributed by atoms with Crippen LogP contribution >= 0.6 is 0 Å². The van der Waals surface area contributed by atoms with E-state index in [1.807, 2.05) is 0 Å². The molecule has 1 heterocycles. The number of hydrogen-bond donors (Lipinski definition) is 1. The lowest BCUT2D eigenvalue weighted by Gasteiger charge is -2.33. The number of nitrogens with one attached hydrogen (secondary N) is 1. The highest BCUT2D eigenvalue weighted by Gasteiger charge is 2.19. The van der Waals surface area contributed by atoms with Crippen molar-refractivity contribution in [2.75, 3.05) is 20.1 Å². The van der Waals surface area contributed by atoms with Gasteiger partial charge in [0.2, 0.25) is 0 Å². The van der Waals surface area contributed by atoms with Crippen LogP contribution in [0, 0.1) is 0 Å². The lowest BCUT2D eigenvalue weighted by Crippen LogP contribution is -2.43. The van der Waals surface area contributed by atoms with Crippen LogP contribution < -0.4 is 5.32 Å². The maximum Gasteiger partial charge on any atom is 0.0292 e. The first-order valence-corrected chi connectivity index (χ1v) is 6.76. The maximum absolute atomic E-state index is 3.66. The van der Waals surface area contributed by atoms with Gasteiger partial charge in [0.25, 0.3) is 0 Å². The van der Waals surface area contributed by atoms with Crippen molar-refractivity contribution in [1.29, 1.82) is 0 Å². The SMILES string of the molecule is C[C@H](NCC1CCCCN1C)c1ccccc1. The van der Waals surface area contributed by atoms with E-state index in [1.54, 1.807) is 0 Å². The standard InChI is InChI=1S/C15H24N2/c1-13(14-8-4-3-5-9-14)16-12-15-10-6-7-11-17(15)2/h3-5,8-9,13,15-16H,6-7,10-12H2,1-2H3/t13-,15?/m0/s1. The maximum atomic E-state index is 3.66. The Morgan fingerprint density at radius 2 is 2.06 bits per heavy atom. The first-order valence-electron chi connectivity index (χ1n) is 6.76.